The molecule has 0 aromatic rings. The summed E-state index contributed by atoms with van der Waals surface area (Å²) in [6.45, 7) is 5.02. The monoisotopic (exact) mass is 237 g/mol. The van der Waals surface area contributed by atoms with Crippen molar-refractivity contribution in [1.29, 1.82) is 0 Å². The second-order valence-electron chi connectivity index (χ2n) is 4.23. The number of unbranched alkanes of at least 4 members (excludes halogenated alkanes) is 1. The molecule has 0 radical (unpaired) electrons. The van der Waals surface area contributed by atoms with Crippen LogP contribution in [0, 0.1) is 0 Å². The van der Waals surface area contributed by atoms with Gasteiger partial charge in [-0.15, -0.1) is 0 Å². The minimum Gasteiger partial charge on any atom is -0.481 e. The summed E-state index contributed by atoms with van der Waals surface area (Å²) in [5, 5.41) is 8.59. The van der Waals surface area contributed by atoms with Crippen molar-refractivity contribution < 1.29 is 18.3 Å². The SMILES string of the molecule is CCCCS(=O)(=O)NC(C)(C)CC(=O)O. The maximum absolute atomic E-state index is 11.5. The zero-order valence-electron chi connectivity index (χ0n) is 9.41. The van der Waals surface area contributed by atoms with Crippen molar-refractivity contribution in [3.63, 3.8) is 0 Å². The molecule has 2 N–H and O–H groups in total. The highest BCUT2D eigenvalue weighted by Gasteiger charge is 2.26. The van der Waals surface area contributed by atoms with Gasteiger partial charge in [0, 0.05) is 5.54 Å². The molecule has 0 unspecified atom stereocenters. The summed E-state index contributed by atoms with van der Waals surface area (Å²) in [4.78, 5) is 10.5. The van der Waals surface area contributed by atoms with E-state index < -0.39 is 21.5 Å². The van der Waals surface area contributed by atoms with E-state index in [1.165, 1.54) is 0 Å². The molecule has 0 aliphatic heterocycles. The zero-order chi connectivity index (χ0) is 12.1. The molecule has 0 amide bonds. The number of sulfonamides is 1. The van der Waals surface area contributed by atoms with E-state index in [9.17, 15) is 13.2 Å². The van der Waals surface area contributed by atoms with Crippen LogP contribution in [-0.2, 0) is 14.8 Å². The molecular formula is C9H19NO4S. The van der Waals surface area contributed by atoms with E-state index >= 15 is 0 Å². The van der Waals surface area contributed by atoms with Crippen LogP contribution < -0.4 is 4.72 Å². The summed E-state index contributed by atoms with van der Waals surface area (Å²) >= 11 is 0. The highest BCUT2D eigenvalue weighted by Crippen LogP contribution is 2.10. The summed E-state index contributed by atoms with van der Waals surface area (Å²) in [5.41, 5.74) is -0.932. The Hall–Kier alpha value is -0.620. The van der Waals surface area contributed by atoms with Crippen molar-refractivity contribution >= 4 is 16.0 Å². The molecule has 0 aromatic carbocycles. The third-order valence-electron chi connectivity index (χ3n) is 1.79. The van der Waals surface area contributed by atoms with Gasteiger partial charge in [0.15, 0.2) is 0 Å². The van der Waals surface area contributed by atoms with Gasteiger partial charge in [0.05, 0.1) is 12.2 Å². The number of rotatable bonds is 7. The maximum Gasteiger partial charge on any atom is 0.305 e. The lowest BCUT2D eigenvalue weighted by atomic mass is 10.0. The van der Waals surface area contributed by atoms with Crippen LogP contribution in [0.1, 0.15) is 40.0 Å². The second-order valence-corrected chi connectivity index (χ2v) is 6.07. The Labute approximate surface area is 90.9 Å². The molecule has 0 aliphatic rings. The third-order valence-corrected chi connectivity index (χ3v) is 3.48. The maximum atomic E-state index is 11.5. The number of carboxylic acids is 1. The third kappa shape index (κ3) is 7.33. The van der Waals surface area contributed by atoms with Crippen LogP contribution in [0.3, 0.4) is 0 Å². The Kier molecular flexibility index (Phi) is 5.23. The Bertz CT molecular complexity index is 308. The predicted molar refractivity (Wildman–Crippen MR) is 58.2 cm³/mol. The van der Waals surface area contributed by atoms with Gasteiger partial charge in [-0.3, -0.25) is 4.79 Å². The Morgan fingerprint density at radius 1 is 1.40 bits per heavy atom. The molecule has 0 aromatic heterocycles. The molecule has 0 atom stereocenters. The summed E-state index contributed by atoms with van der Waals surface area (Å²) in [6.07, 6.45) is 1.15. The van der Waals surface area contributed by atoms with Gasteiger partial charge in [-0.25, -0.2) is 13.1 Å². The number of hydrogen-bond donors (Lipinski definition) is 2. The summed E-state index contributed by atoms with van der Waals surface area (Å²) in [5.74, 6) is -0.967. The fourth-order valence-corrected chi connectivity index (χ4v) is 2.91. The van der Waals surface area contributed by atoms with Crippen LogP contribution in [0.25, 0.3) is 0 Å². The fraction of sp³-hybridized carbons (Fsp3) is 0.889. The standard InChI is InChI=1S/C9H19NO4S/c1-4-5-6-15(13,14)10-9(2,3)7-8(11)12/h10H,4-7H2,1-3H3,(H,11,12). The average Bonchev–Trinajstić information content (AvgIpc) is 1.95. The number of hydrogen-bond acceptors (Lipinski definition) is 3. The molecule has 0 saturated heterocycles. The first kappa shape index (κ1) is 14.4. The van der Waals surface area contributed by atoms with E-state index in [2.05, 4.69) is 4.72 Å². The van der Waals surface area contributed by atoms with Crippen LogP contribution in [0.15, 0.2) is 0 Å². The van der Waals surface area contributed by atoms with Crippen molar-refractivity contribution in [3.05, 3.63) is 0 Å². The largest absolute Gasteiger partial charge is 0.481 e. The van der Waals surface area contributed by atoms with Crippen molar-refractivity contribution in [2.24, 2.45) is 0 Å². The first-order chi connectivity index (χ1) is 6.68. The zero-order valence-corrected chi connectivity index (χ0v) is 10.2. The first-order valence-electron chi connectivity index (χ1n) is 4.92. The van der Waals surface area contributed by atoms with Crippen molar-refractivity contribution in [2.75, 3.05) is 5.75 Å². The van der Waals surface area contributed by atoms with Gasteiger partial charge in [-0.2, -0.15) is 0 Å². The van der Waals surface area contributed by atoms with E-state index in [0.717, 1.165) is 6.42 Å². The van der Waals surface area contributed by atoms with Crippen LogP contribution in [0.2, 0.25) is 0 Å². The molecule has 0 bridgehead atoms. The van der Waals surface area contributed by atoms with Crippen LogP contribution in [-0.4, -0.2) is 30.8 Å². The van der Waals surface area contributed by atoms with E-state index in [-0.39, 0.29) is 12.2 Å². The molecule has 0 fully saturated rings. The molecule has 0 rings (SSSR count). The van der Waals surface area contributed by atoms with Crippen molar-refractivity contribution in [2.45, 2.75) is 45.6 Å². The Balaban J connectivity index is 4.37. The summed E-state index contributed by atoms with van der Waals surface area (Å²) < 4.78 is 25.4. The van der Waals surface area contributed by atoms with Crippen LogP contribution >= 0.6 is 0 Å². The highest BCUT2D eigenvalue weighted by atomic mass is 32.2. The average molecular weight is 237 g/mol. The Morgan fingerprint density at radius 3 is 2.33 bits per heavy atom. The number of carboxylic acid groups (broad SMARTS) is 1. The topological polar surface area (TPSA) is 83.5 Å². The molecule has 5 nitrogen and oxygen atoms in total. The first-order valence-corrected chi connectivity index (χ1v) is 6.57. The fourth-order valence-electron chi connectivity index (χ4n) is 1.22. The lowest BCUT2D eigenvalue weighted by molar-refractivity contribution is -0.138. The molecule has 6 heteroatoms. The lowest BCUT2D eigenvalue weighted by Crippen LogP contribution is -2.45. The van der Waals surface area contributed by atoms with E-state index in [0.29, 0.717) is 6.42 Å². The predicted octanol–water partition coefficient (Wildman–Crippen LogP) is 0.959. The van der Waals surface area contributed by atoms with Gasteiger partial charge < -0.3 is 5.11 Å². The quantitative estimate of drug-likeness (QED) is 0.690. The molecule has 0 saturated carbocycles. The van der Waals surface area contributed by atoms with Gasteiger partial charge in [0.2, 0.25) is 10.0 Å². The molecule has 15 heavy (non-hydrogen) atoms. The van der Waals surface area contributed by atoms with Gasteiger partial charge >= 0.3 is 5.97 Å². The van der Waals surface area contributed by atoms with Gasteiger partial charge in [0.25, 0.3) is 0 Å². The normalized spacial score (nSPS) is 12.7. The Morgan fingerprint density at radius 2 is 1.93 bits per heavy atom. The highest BCUT2D eigenvalue weighted by molar-refractivity contribution is 7.89. The molecule has 90 valence electrons. The van der Waals surface area contributed by atoms with Gasteiger partial charge in [-0.05, 0) is 20.3 Å². The number of carbonyl (C=O) groups is 1. The lowest BCUT2D eigenvalue weighted by Gasteiger charge is -2.23. The minimum atomic E-state index is -3.36. The minimum absolute atomic E-state index is 0.0482. The summed E-state index contributed by atoms with van der Waals surface area (Å²) in [7, 11) is -3.36. The van der Waals surface area contributed by atoms with Gasteiger partial charge in [-0.1, -0.05) is 13.3 Å². The second kappa shape index (κ2) is 5.46. The van der Waals surface area contributed by atoms with E-state index in [1.807, 2.05) is 6.92 Å². The summed E-state index contributed by atoms with van der Waals surface area (Å²) in [6, 6.07) is 0. The molecule has 0 heterocycles. The smallest absolute Gasteiger partial charge is 0.305 e. The molecule has 0 aliphatic carbocycles. The molecule has 0 spiro atoms. The van der Waals surface area contributed by atoms with Crippen LogP contribution in [0.5, 0.6) is 0 Å². The van der Waals surface area contributed by atoms with E-state index in [4.69, 9.17) is 5.11 Å². The van der Waals surface area contributed by atoms with Crippen molar-refractivity contribution in [3.8, 4) is 0 Å². The van der Waals surface area contributed by atoms with Crippen molar-refractivity contribution in [1.82, 2.24) is 4.72 Å². The van der Waals surface area contributed by atoms with E-state index in [1.54, 1.807) is 13.8 Å². The number of nitrogens with one attached hydrogen (secondary N) is 1. The number of aliphatic carboxylic acids is 1. The molecular weight excluding hydrogens is 218 g/mol. The van der Waals surface area contributed by atoms with Crippen LogP contribution in [0.4, 0.5) is 0 Å². The van der Waals surface area contributed by atoms with Gasteiger partial charge in [0.1, 0.15) is 0 Å².